The van der Waals surface area contributed by atoms with Crippen molar-refractivity contribution in [1.82, 2.24) is 15.0 Å². The standard InChI is InChI=1S/C22H19F2N5O2/c23-15-7-14(13-3-4-19(25-10-13)29-6-5-18(29)21(30)31)8-16(9-15)27-22-26-11-17(24)20(28-22)12-1-2-12/h3-4,7-12,18H,1-2,5-6H2,(H,30,31)(H,26,27,28)/t18-/m0/s1. The highest BCUT2D eigenvalue weighted by Gasteiger charge is 2.34. The molecule has 1 aromatic carbocycles. The van der Waals surface area contributed by atoms with Crippen molar-refractivity contribution in [3.63, 3.8) is 0 Å². The number of nitrogens with zero attached hydrogens (tertiary/aromatic N) is 4. The van der Waals surface area contributed by atoms with Crippen molar-refractivity contribution >= 4 is 23.4 Å². The monoisotopic (exact) mass is 423 g/mol. The van der Waals surface area contributed by atoms with E-state index in [0.717, 1.165) is 19.0 Å². The zero-order chi connectivity index (χ0) is 21.5. The minimum absolute atomic E-state index is 0.128. The quantitative estimate of drug-likeness (QED) is 0.617. The Hall–Kier alpha value is -3.62. The number of carboxylic acids is 1. The number of carbonyl (C=O) groups is 1. The second-order valence-corrected chi connectivity index (χ2v) is 7.80. The minimum atomic E-state index is -0.870. The van der Waals surface area contributed by atoms with Gasteiger partial charge in [-0.25, -0.2) is 28.5 Å². The molecule has 0 amide bonds. The number of aliphatic carboxylic acids is 1. The van der Waals surface area contributed by atoms with Crippen LogP contribution in [0.25, 0.3) is 11.1 Å². The van der Waals surface area contributed by atoms with Gasteiger partial charge in [0.05, 0.1) is 11.9 Å². The fourth-order valence-electron chi connectivity index (χ4n) is 3.69. The topological polar surface area (TPSA) is 91.2 Å². The number of rotatable bonds is 6. The Morgan fingerprint density at radius 3 is 2.55 bits per heavy atom. The summed E-state index contributed by atoms with van der Waals surface area (Å²) < 4.78 is 28.2. The highest BCUT2D eigenvalue weighted by atomic mass is 19.1. The van der Waals surface area contributed by atoms with Crippen LogP contribution in [0.1, 0.15) is 30.9 Å². The van der Waals surface area contributed by atoms with E-state index in [4.69, 9.17) is 0 Å². The fraction of sp³-hybridized carbons (Fsp3) is 0.273. The highest BCUT2D eigenvalue weighted by molar-refractivity contribution is 5.80. The van der Waals surface area contributed by atoms with Crippen LogP contribution in [-0.4, -0.2) is 38.6 Å². The van der Waals surface area contributed by atoms with Crippen LogP contribution in [-0.2, 0) is 4.79 Å². The first-order valence-corrected chi connectivity index (χ1v) is 10.0. The van der Waals surface area contributed by atoms with Crippen LogP contribution in [0, 0.1) is 11.6 Å². The van der Waals surface area contributed by atoms with E-state index in [1.165, 1.54) is 12.1 Å². The molecule has 5 rings (SSSR count). The maximum absolute atomic E-state index is 14.3. The lowest BCUT2D eigenvalue weighted by Gasteiger charge is -2.38. The van der Waals surface area contributed by atoms with E-state index >= 15 is 0 Å². The minimum Gasteiger partial charge on any atom is -0.480 e. The normalized spacial score (nSPS) is 17.9. The predicted octanol–water partition coefficient (Wildman–Crippen LogP) is 4.10. The van der Waals surface area contributed by atoms with Crippen molar-refractivity contribution in [3.05, 3.63) is 60.1 Å². The molecule has 0 bridgehead atoms. The first-order chi connectivity index (χ1) is 15.0. The van der Waals surface area contributed by atoms with Crippen molar-refractivity contribution in [3.8, 4) is 11.1 Å². The summed E-state index contributed by atoms with van der Waals surface area (Å²) in [4.78, 5) is 25.5. The number of carboxylic acid groups (broad SMARTS) is 1. The summed E-state index contributed by atoms with van der Waals surface area (Å²) in [6.07, 6.45) is 5.12. The summed E-state index contributed by atoms with van der Waals surface area (Å²) in [6.45, 7) is 0.637. The van der Waals surface area contributed by atoms with Gasteiger partial charge in [0.25, 0.3) is 0 Å². The molecule has 0 radical (unpaired) electrons. The van der Waals surface area contributed by atoms with Crippen LogP contribution >= 0.6 is 0 Å². The second kappa shape index (κ2) is 7.57. The molecule has 3 aromatic rings. The first kappa shape index (κ1) is 19.3. The molecule has 1 aliphatic carbocycles. The molecule has 158 valence electrons. The summed E-state index contributed by atoms with van der Waals surface area (Å²) >= 11 is 0. The van der Waals surface area contributed by atoms with Crippen molar-refractivity contribution in [2.24, 2.45) is 0 Å². The lowest BCUT2D eigenvalue weighted by atomic mass is 10.0. The molecule has 2 aromatic heterocycles. The number of halogens is 2. The zero-order valence-electron chi connectivity index (χ0n) is 16.4. The van der Waals surface area contributed by atoms with Crippen LogP contribution in [0.5, 0.6) is 0 Å². The summed E-state index contributed by atoms with van der Waals surface area (Å²) in [5, 5.41) is 12.1. The van der Waals surface area contributed by atoms with Gasteiger partial charge in [0.2, 0.25) is 5.95 Å². The van der Waals surface area contributed by atoms with Gasteiger partial charge in [-0.3, -0.25) is 0 Å². The summed E-state index contributed by atoms with van der Waals surface area (Å²) in [5.41, 5.74) is 2.09. The van der Waals surface area contributed by atoms with Crippen molar-refractivity contribution in [1.29, 1.82) is 0 Å². The van der Waals surface area contributed by atoms with Crippen LogP contribution < -0.4 is 10.2 Å². The van der Waals surface area contributed by atoms with Gasteiger partial charge in [0, 0.05) is 29.9 Å². The molecule has 2 fully saturated rings. The van der Waals surface area contributed by atoms with Gasteiger partial charge >= 0.3 is 5.97 Å². The van der Waals surface area contributed by atoms with E-state index in [1.807, 2.05) is 0 Å². The van der Waals surface area contributed by atoms with Crippen molar-refractivity contribution in [2.75, 3.05) is 16.8 Å². The Kier molecular flexibility index (Phi) is 4.72. The lowest BCUT2D eigenvalue weighted by molar-refractivity contribution is -0.140. The molecule has 1 saturated heterocycles. The van der Waals surface area contributed by atoms with Gasteiger partial charge in [-0.2, -0.15) is 0 Å². The maximum Gasteiger partial charge on any atom is 0.326 e. The number of nitrogens with one attached hydrogen (secondary N) is 1. The van der Waals surface area contributed by atoms with E-state index < -0.39 is 23.6 Å². The Bertz CT molecular complexity index is 1150. The Balaban J connectivity index is 1.37. The molecule has 2 aliphatic rings. The average molecular weight is 423 g/mol. The van der Waals surface area contributed by atoms with E-state index in [2.05, 4.69) is 20.3 Å². The Morgan fingerprint density at radius 2 is 1.90 bits per heavy atom. The number of hydrogen-bond donors (Lipinski definition) is 2. The zero-order valence-corrected chi connectivity index (χ0v) is 16.4. The van der Waals surface area contributed by atoms with Gasteiger partial charge in [0.15, 0.2) is 5.82 Å². The third kappa shape index (κ3) is 3.90. The van der Waals surface area contributed by atoms with Crippen molar-refractivity contribution in [2.45, 2.75) is 31.2 Å². The van der Waals surface area contributed by atoms with Crippen molar-refractivity contribution < 1.29 is 18.7 Å². The van der Waals surface area contributed by atoms with Crippen LogP contribution in [0.4, 0.5) is 26.2 Å². The summed E-state index contributed by atoms with van der Waals surface area (Å²) in [6, 6.07) is 7.37. The predicted molar refractivity (Wildman–Crippen MR) is 110 cm³/mol. The van der Waals surface area contributed by atoms with Gasteiger partial charge in [-0.15, -0.1) is 0 Å². The van der Waals surface area contributed by atoms with Gasteiger partial charge in [-0.05, 0) is 55.2 Å². The van der Waals surface area contributed by atoms with Crippen LogP contribution in [0.15, 0.2) is 42.7 Å². The van der Waals surface area contributed by atoms with E-state index in [-0.39, 0.29) is 11.9 Å². The Morgan fingerprint density at radius 1 is 1.06 bits per heavy atom. The smallest absolute Gasteiger partial charge is 0.326 e. The number of benzene rings is 1. The molecule has 0 spiro atoms. The molecule has 1 saturated carbocycles. The molecular weight excluding hydrogens is 404 g/mol. The largest absolute Gasteiger partial charge is 0.480 e. The lowest BCUT2D eigenvalue weighted by Crippen LogP contribution is -2.52. The molecule has 1 atom stereocenters. The maximum atomic E-state index is 14.3. The second-order valence-electron chi connectivity index (χ2n) is 7.80. The van der Waals surface area contributed by atoms with E-state index in [9.17, 15) is 18.7 Å². The van der Waals surface area contributed by atoms with Gasteiger partial charge in [0.1, 0.15) is 17.7 Å². The number of anilines is 3. The first-order valence-electron chi connectivity index (χ1n) is 10.0. The molecule has 7 nitrogen and oxygen atoms in total. The summed E-state index contributed by atoms with van der Waals surface area (Å²) in [7, 11) is 0. The molecule has 9 heteroatoms. The van der Waals surface area contributed by atoms with Gasteiger partial charge < -0.3 is 15.3 Å². The molecule has 2 N–H and O–H groups in total. The molecule has 0 unspecified atom stereocenters. The van der Waals surface area contributed by atoms with E-state index in [0.29, 0.717) is 41.3 Å². The third-order valence-corrected chi connectivity index (χ3v) is 5.57. The number of hydrogen-bond acceptors (Lipinski definition) is 6. The van der Waals surface area contributed by atoms with Crippen LogP contribution in [0.3, 0.4) is 0 Å². The summed E-state index contributed by atoms with van der Waals surface area (Å²) in [5.74, 6) is -0.835. The molecule has 1 aliphatic heterocycles. The van der Waals surface area contributed by atoms with E-state index in [1.54, 1.807) is 29.3 Å². The molecular formula is C22H19F2N5O2. The molecule has 3 heterocycles. The van der Waals surface area contributed by atoms with Gasteiger partial charge in [-0.1, -0.05) is 0 Å². The fourth-order valence-corrected chi connectivity index (χ4v) is 3.69. The average Bonchev–Trinajstić information content (AvgIpc) is 3.53. The Labute approximate surface area is 176 Å². The number of aromatic nitrogens is 3. The molecule has 31 heavy (non-hydrogen) atoms. The SMILES string of the molecule is O=C(O)[C@@H]1CCN1c1ccc(-c2cc(F)cc(Nc3ncc(F)c(C4CC4)n3)c2)cn1. The highest BCUT2D eigenvalue weighted by Crippen LogP contribution is 2.40. The van der Waals surface area contributed by atoms with Crippen LogP contribution in [0.2, 0.25) is 0 Å². The third-order valence-electron chi connectivity index (χ3n) is 5.57. The number of pyridine rings is 1.